The van der Waals surface area contributed by atoms with Gasteiger partial charge in [-0.2, -0.15) is 0 Å². The molecule has 3 rings (SSSR count). The molecule has 1 aromatic heterocycles. The molecule has 0 bridgehead atoms. The number of para-hydroxylation sites is 1. The van der Waals surface area contributed by atoms with Gasteiger partial charge in [0.1, 0.15) is 11.8 Å². The van der Waals surface area contributed by atoms with E-state index >= 15 is 0 Å². The van der Waals surface area contributed by atoms with E-state index < -0.39 is 29.9 Å². The van der Waals surface area contributed by atoms with Crippen LogP contribution in [0, 0.1) is 0 Å². The van der Waals surface area contributed by atoms with Gasteiger partial charge in [0.2, 0.25) is 11.8 Å². The largest absolute Gasteiger partial charge is 0.508 e. The zero-order valence-electron chi connectivity index (χ0n) is 16.7. The van der Waals surface area contributed by atoms with E-state index in [1.165, 1.54) is 12.1 Å². The van der Waals surface area contributed by atoms with Gasteiger partial charge in [-0.25, -0.2) is 4.79 Å². The quantitative estimate of drug-likeness (QED) is 0.296. The molecule has 9 heteroatoms. The number of hydrogen-bond acceptors (Lipinski definition) is 5. The van der Waals surface area contributed by atoms with Gasteiger partial charge in [-0.05, 0) is 35.7 Å². The van der Waals surface area contributed by atoms with E-state index in [0.717, 1.165) is 16.5 Å². The van der Waals surface area contributed by atoms with Crippen molar-refractivity contribution in [2.45, 2.75) is 24.9 Å². The maximum atomic E-state index is 12.3. The fourth-order valence-electron chi connectivity index (χ4n) is 3.24. The van der Waals surface area contributed by atoms with Crippen molar-refractivity contribution in [2.75, 3.05) is 6.54 Å². The summed E-state index contributed by atoms with van der Waals surface area (Å²) in [6.07, 6.45) is 2.12. The standard InChI is InChI=1S/C22H24N4O5/c23-17(10-14-11-24-18-4-2-1-3-16(14)18)21(29)25-12-20(28)26-19(22(30)31)9-13-5-7-15(27)8-6-13/h1-8,11,17,19,24,27H,9-10,12,23H2,(H,25,29)(H,26,28)(H,30,31)/t17-,19-/m0/s1. The summed E-state index contributed by atoms with van der Waals surface area (Å²) in [5, 5.41) is 24.5. The Kier molecular flexibility index (Phi) is 6.88. The number of amides is 2. The van der Waals surface area contributed by atoms with Crippen molar-refractivity contribution in [3.63, 3.8) is 0 Å². The highest BCUT2D eigenvalue weighted by Gasteiger charge is 2.22. The lowest BCUT2D eigenvalue weighted by atomic mass is 10.0. The third-order valence-electron chi connectivity index (χ3n) is 4.88. The van der Waals surface area contributed by atoms with Gasteiger partial charge in [0.15, 0.2) is 0 Å². The summed E-state index contributed by atoms with van der Waals surface area (Å²) in [4.78, 5) is 39.0. The number of aromatic hydroxyl groups is 1. The predicted molar refractivity (Wildman–Crippen MR) is 114 cm³/mol. The summed E-state index contributed by atoms with van der Waals surface area (Å²) in [6.45, 7) is -0.389. The number of carboxylic acid groups (broad SMARTS) is 1. The summed E-state index contributed by atoms with van der Waals surface area (Å²) >= 11 is 0. The molecule has 7 N–H and O–H groups in total. The number of carbonyl (C=O) groups excluding carboxylic acids is 2. The summed E-state index contributed by atoms with van der Waals surface area (Å²) in [5.41, 5.74) is 8.45. The zero-order chi connectivity index (χ0) is 22.4. The van der Waals surface area contributed by atoms with Crippen LogP contribution in [0.3, 0.4) is 0 Å². The molecule has 2 aromatic carbocycles. The highest BCUT2D eigenvalue weighted by molar-refractivity contribution is 5.90. The molecule has 0 unspecified atom stereocenters. The summed E-state index contributed by atoms with van der Waals surface area (Å²) in [6, 6.07) is 11.6. The molecule has 0 aliphatic rings. The van der Waals surface area contributed by atoms with E-state index in [1.807, 2.05) is 24.3 Å². The normalized spacial score (nSPS) is 12.8. The second-order valence-corrected chi connectivity index (χ2v) is 7.22. The Hall–Kier alpha value is -3.85. The van der Waals surface area contributed by atoms with Gasteiger partial charge in [-0.3, -0.25) is 9.59 Å². The molecule has 0 fully saturated rings. The van der Waals surface area contributed by atoms with Crippen LogP contribution in [0.1, 0.15) is 11.1 Å². The Balaban J connectivity index is 1.50. The number of aliphatic carboxylic acids is 1. The Labute approximate surface area is 178 Å². The van der Waals surface area contributed by atoms with Crippen LogP contribution in [0.25, 0.3) is 10.9 Å². The number of aromatic amines is 1. The van der Waals surface area contributed by atoms with Gasteiger partial charge in [0.25, 0.3) is 0 Å². The van der Waals surface area contributed by atoms with Crippen LogP contribution in [0.2, 0.25) is 0 Å². The van der Waals surface area contributed by atoms with Crippen molar-refractivity contribution in [1.29, 1.82) is 0 Å². The monoisotopic (exact) mass is 424 g/mol. The van der Waals surface area contributed by atoms with Crippen LogP contribution >= 0.6 is 0 Å². The minimum Gasteiger partial charge on any atom is -0.508 e. The first kappa shape index (κ1) is 21.8. The molecule has 162 valence electrons. The Morgan fingerprint density at radius 3 is 2.45 bits per heavy atom. The lowest BCUT2D eigenvalue weighted by molar-refractivity contribution is -0.141. The number of hydrogen-bond donors (Lipinski definition) is 6. The molecule has 2 amide bonds. The Morgan fingerprint density at radius 1 is 1.03 bits per heavy atom. The van der Waals surface area contributed by atoms with Crippen molar-refractivity contribution >= 4 is 28.7 Å². The van der Waals surface area contributed by atoms with E-state index in [1.54, 1.807) is 18.3 Å². The van der Waals surface area contributed by atoms with Crippen LogP contribution in [0.4, 0.5) is 0 Å². The number of carbonyl (C=O) groups is 3. The SMILES string of the molecule is N[C@@H](Cc1c[nH]c2ccccc12)C(=O)NCC(=O)N[C@@H](Cc1ccc(O)cc1)C(=O)O. The number of nitrogens with one attached hydrogen (secondary N) is 3. The van der Waals surface area contributed by atoms with Crippen molar-refractivity contribution in [3.05, 3.63) is 65.9 Å². The lowest BCUT2D eigenvalue weighted by Crippen LogP contribution is -2.49. The van der Waals surface area contributed by atoms with E-state index in [-0.39, 0.29) is 25.1 Å². The number of nitrogens with two attached hydrogens (primary N) is 1. The Morgan fingerprint density at radius 2 is 1.74 bits per heavy atom. The smallest absolute Gasteiger partial charge is 0.326 e. The minimum absolute atomic E-state index is 0.0371. The maximum absolute atomic E-state index is 12.3. The molecular formula is C22H24N4O5. The number of carboxylic acids is 1. The molecule has 31 heavy (non-hydrogen) atoms. The van der Waals surface area contributed by atoms with Crippen LogP contribution in [0.5, 0.6) is 5.75 Å². The fraction of sp³-hybridized carbons (Fsp3) is 0.227. The van der Waals surface area contributed by atoms with Crippen molar-refractivity contribution < 1.29 is 24.6 Å². The number of H-pyrrole nitrogens is 1. The molecule has 0 radical (unpaired) electrons. The summed E-state index contributed by atoms with van der Waals surface area (Å²) in [7, 11) is 0. The highest BCUT2D eigenvalue weighted by Crippen LogP contribution is 2.18. The first-order valence-corrected chi connectivity index (χ1v) is 9.72. The maximum Gasteiger partial charge on any atom is 0.326 e. The third-order valence-corrected chi connectivity index (χ3v) is 4.88. The molecular weight excluding hydrogens is 400 g/mol. The third kappa shape index (κ3) is 5.83. The van der Waals surface area contributed by atoms with Gasteiger partial charge >= 0.3 is 5.97 Å². The number of aromatic nitrogens is 1. The van der Waals surface area contributed by atoms with E-state index in [2.05, 4.69) is 15.6 Å². The van der Waals surface area contributed by atoms with Crippen LogP contribution < -0.4 is 16.4 Å². The molecule has 1 heterocycles. The summed E-state index contributed by atoms with van der Waals surface area (Å²) < 4.78 is 0. The van der Waals surface area contributed by atoms with Crippen molar-refractivity contribution in [3.8, 4) is 5.75 Å². The predicted octanol–water partition coefficient (Wildman–Crippen LogP) is 0.672. The molecule has 0 aliphatic carbocycles. The average molecular weight is 424 g/mol. The van der Waals surface area contributed by atoms with Gasteiger partial charge in [0.05, 0.1) is 12.6 Å². The van der Waals surface area contributed by atoms with Gasteiger partial charge in [-0.15, -0.1) is 0 Å². The van der Waals surface area contributed by atoms with E-state index in [9.17, 15) is 24.6 Å². The zero-order valence-corrected chi connectivity index (χ0v) is 16.7. The van der Waals surface area contributed by atoms with E-state index in [0.29, 0.717) is 5.56 Å². The first-order valence-electron chi connectivity index (χ1n) is 9.72. The average Bonchev–Trinajstić information content (AvgIpc) is 3.15. The fourth-order valence-corrected chi connectivity index (χ4v) is 3.24. The van der Waals surface area contributed by atoms with Gasteiger partial charge in [0, 0.05) is 23.5 Å². The molecule has 0 saturated heterocycles. The van der Waals surface area contributed by atoms with E-state index in [4.69, 9.17) is 5.73 Å². The van der Waals surface area contributed by atoms with Crippen molar-refractivity contribution in [2.24, 2.45) is 5.73 Å². The van der Waals surface area contributed by atoms with Crippen LogP contribution in [0.15, 0.2) is 54.7 Å². The number of fused-ring (bicyclic) bond motifs is 1. The van der Waals surface area contributed by atoms with Crippen molar-refractivity contribution in [1.82, 2.24) is 15.6 Å². The molecule has 2 atom stereocenters. The topological polar surface area (TPSA) is 158 Å². The van der Waals surface area contributed by atoms with Gasteiger partial charge in [-0.1, -0.05) is 30.3 Å². The first-order chi connectivity index (χ1) is 14.8. The van der Waals surface area contributed by atoms with Crippen LogP contribution in [-0.2, 0) is 27.2 Å². The van der Waals surface area contributed by atoms with Gasteiger partial charge < -0.3 is 31.6 Å². The summed E-state index contributed by atoms with van der Waals surface area (Å²) in [5.74, 6) is -2.29. The second kappa shape index (κ2) is 9.77. The molecule has 0 saturated carbocycles. The minimum atomic E-state index is -1.20. The Bertz CT molecular complexity index is 1080. The highest BCUT2D eigenvalue weighted by atomic mass is 16.4. The molecule has 0 spiro atoms. The lowest BCUT2D eigenvalue weighted by Gasteiger charge is -2.16. The second-order valence-electron chi connectivity index (χ2n) is 7.22. The number of phenolic OH excluding ortho intramolecular Hbond substituents is 1. The van der Waals surface area contributed by atoms with Crippen LogP contribution in [-0.4, -0.2) is 51.6 Å². The molecule has 0 aliphatic heterocycles. The molecule has 3 aromatic rings. The number of benzene rings is 2. The number of phenols is 1. The number of rotatable bonds is 9. The molecule has 9 nitrogen and oxygen atoms in total.